The Bertz CT molecular complexity index is 3230. The van der Waals surface area contributed by atoms with Crippen LogP contribution in [0, 0.1) is 0 Å². The number of benzene rings is 9. The fourth-order valence-corrected chi connectivity index (χ4v) is 11.0. The number of fused-ring (bicyclic) bond motifs is 4. The molecule has 0 fully saturated rings. The lowest BCUT2D eigenvalue weighted by Gasteiger charge is -2.45. The van der Waals surface area contributed by atoms with E-state index in [0.29, 0.717) is 0 Å². The van der Waals surface area contributed by atoms with E-state index < -0.39 is 0 Å². The Hall–Kier alpha value is -7.36. The minimum atomic E-state index is -0.0587. The van der Waals surface area contributed by atoms with Gasteiger partial charge in [-0.05, 0) is 153 Å². The molecule has 0 aromatic heterocycles. The standard InChI is InChI=1S/C70H69BN2/c1-67(2,3)54-40-55(68(4,5)6)43-58(42-54)72-62-36-34-52(50-30-26-48(27-31-50)46-20-15-13-16-21-46)38-60(62)71-61-39-53(51-32-28-49(29-33-51)47-22-17-14-18-23-47)35-37-63(61)73(65-25-19-24-64(72)66(65)71)59-44-56(69(7,8)9)41-57(45-59)70(10,11)12/h13-45H,1-12H3. The van der Waals surface area contributed by atoms with Crippen LogP contribution in [0.3, 0.4) is 0 Å². The summed E-state index contributed by atoms with van der Waals surface area (Å²) in [5.74, 6) is 0. The molecule has 3 heteroatoms. The highest BCUT2D eigenvalue weighted by Gasteiger charge is 2.44. The van der Waals surface area contributed by atoms with Crippen molar-refractivity contribution in [2.24, 2.45) is 0 Å². The molecule has 0 aliphatic carbocycles. The normalized spacial score (nSPS) is 13.4. The van der Waals surface area contributed by atoms with Crippen molar-refractivity contribution in [3.63, 3.8) is 0 Å². The maximum absolute atomic E-state index is 2.60. The summed E-state index contributed by atoms with van der Waals surface area (Å²) in [4.78, 5) is 5.19. The Balaban J connectivity index is 1.19. The number of hydrogen-bond donors (Lipinski definition) is 0. The van der Waals surface area contributed by atoms with Crippen LogP contribution in [0.1, 0.15) is 105 Å². The van der Waals surface area contributed by atoms with Crippen LogP contribution in [0.15, 0.2) is 200 Å². The number of anilines is 6. The molecule has 9 aromatic rings. The molecule has 9 aromatic carbocycles. The Morgan fingerprint density at radius 3 is 0.863 bits per heavy atom. The van der Waals surface area contributed by atoms with Gasteiger partial charge in [0.2, 0.25) is 0 Å². The fourth-order valence-electron chi connectivity index (χ4n) is 11.0. The zero-order valence-corrected chi connectivity index (χ0v) is 45.0. The van der Waals surface area contributed by atoms with Gasteiger partial charge in [-0.15, -0.1) is 0 Å². The van der Waals surface area contributed by atoms with E-state index in [9.17, 15) is 0 Å². The zero-order chi connectivity index (χ0) is 51.2. The molecule has 0 saturated carbocycles. The van der Waals surface area contributed by atoms with Crippen LogP contribution >= 0.6 is 0 Å². The SMILES string of the molecule is CC(C)(C)c1cc(N2c3ccc(-c4ccc(-c5ccccc5)cc4)cc3B3c4cc(-c5ccc(-c6ccccc6)cc5)ccc4N(c4cc(C(C)(C)C)cc(C(C)(C)C)c4)c4cccc2c43)cc(C(C)(C)C)c1. The Kier molecular flexibility index (Phi) is 11.6. The number of rotatable bonds is 6. The summed E-state index contributed by atoms with van der Waals surface area (Å²) < 4.78 is 0. The zero-order valence-electron chi connectivity index (χ0n) is 45.0. The molecule has 362 valence electrons. The lowest BCUT2D eigenvalue weighted by Crippen LogP contribution is -2.61. The third-order valence-corrected chi connectivity index (χ3v) is 15.5. The van der Waals surface area contributed by atoms with Gasteiger partial charge in [-0.3, -0.25) is 0 Å². The summed E-state index contributed by atoms with van der Waals surface area (Å²) in [6.45, 7) is 28.1. The van der Waals surface area contributed by atoms with Crippen molar-refractivity contribution in [3.05, 3.63) is 222 Å². The van der Waals surface area contributed by atoms with Gasteiger partial charge in [0.15, 0.2) is 0 Å². The molecular formula is C70H69BN2. The first-order chi connectivity index (χ1) is 34.7. The van der Waals surface area contributed by atoms with E-state index in [1.807, 2.05) is 0 Å². The average Bonchev–Trinajstić information content (AvgIpc) is 3.38. The van der Waals surface area contributed by atoms with E-state index in [4.69, 9.17) is 0 Å². The van der Waals surface area contributed by atoms with Gasteiger partial charge < -0.3 is 9.80 Å². The first kappa shape index (κ1) is 47.9. The van der Waals surface area contributed by atoms with Crippen molar-refractivity contribution in [1.82, 2.24) is 0 Å². The highest BCUT2D eigenvalue weighted by atomic mass is 15.2. The molecule has 2 heterocycles. The van der Waals surface area contributed by atoms with E-state index in [-0.39, 0.29) is 28.4 Å². The topological polar surface area (TPSA) is 6.48 Å². The Morgan fingerprint density at radius 2 is 0.548 bits per heavy atom. The first-order valence-electron chi connectivity index (χ1n) is 26.4. The second-order valence-corrected chi connectivity index (χ2v) is 24.8. The van der Waals surface area contributed by atoms with E-state index >= 15 is 0 Å². The van der Waals surface area contributed by atoms with Crippen molar-refractivity contribution < 1.29 is 0 Å². The van der Waals surface area contributed by atoms with Crippen molar-refractivity contribution in [3.8, 4) is 44.5 Å². The predicted molar refractivity (Wildman–Crippen MR) is 317 cm³/mol. The van der Waals surface area contributed by atoms with Crippen molar-refractivity contribution in [2.75, 3.05) is 9.80 Å². The molecule has 0 bridgehead atoms. The van der Waals surface area contributed by atoms with Gasteiger partial charge in [0.05, 0.1) is 0 Å². The van der Waals surface area contributed by atoms with Crippen LogP contribution in [0.25, 0.3) is 44.5 Å². The highest BCUT2D eigenvalue weighted by molar-refractivity contribution is 7.00. The third-order valence-electron chi connectivity index (χ3n) is 15.5. The molecule has 0 saturated heterocycles. The van der Waals surface area contributed by atoms with E-state index in [1.54, 1.807) is 0 Å². The molecule has 0 amide bonds. The molecule has 0 N–H and O–H groups in total. The molecule has 2 nitrogen and oxygen atoms in total. The van der Waals surface area contributed by atoms with Gasteiger partial charge in [0.25, 0.3) is 6.71 Å². The first-order valence-corrected chi connectivity index (χ1v) is 26.4. The summed E-state index contributed by atoms with van der Waals surface area (Å²) in [6, 6.07) is 76.0. The molecule has 73 heavy (non-hydrogen) atoms. The van der Waals surface area contributed by atoms with Gasteiger partial charge in [-0.1, -0.05) is 235 Å². The summed E-state index contributed by atoms with van der Waals surface area (Å²) in [5.41, 5.74) is 26.0. The van der Waals surface area contributed by atoms with E-state index in [0.717, 1.165) is 0 Å². The maximum Gasteiger partial charge on any atom is 0.252 e. The minimum Gasteiger partial charge on any atom is -0.311 e. The Morgan fingerprint density at radius 1 is 0.260 bits per heavy atom. The summed E-state index contributed by atoms with van der Waals surface area (Å²) >= 11 is 0. The second-order valence-electron chi connectivity index (χ2n) is 24.8. The monoisotopic (exact) mass is 949 g/mol. The molecule has 0 unspecified atom stereocenters. The minimum absolute atomic E-state index is 0.0582. The largest absolute Gasteiger partial charge is 0.311 e. The van der Waals surface area contributed by atoms with Crippen LogP contribution in [0.5, 0.6) is 0 Å². The number of hydrogen-bond acceptors (Lipinski definition) is 2. The third kappa shape index (κ3) is 8.92. The smallest absolute Gasteiger partial charge is 0.252 e. The lowest BCUT2D eigenvalue weighted by atomic mass is 9.33. The van der Waals surface area contributed by atoms with Crippen LogP contribution in [-0.2, 0) is 21.7 Å². The second kappa shape index (κ2) is 17.7. The predicted octanol–water partition coefficient (Wildman–Crippen LogP) is 17.6. The molecule has 2 aliphatic rings. The van der Waals surface area contributed by atoms with Crippen molar-refractivity contribution in [1.29, 1.82) is 0 Å². The van der Waals surface area contributed by atoms with Crippen LogP contribution < -0.4 is 26.2 Å². The van der Waals surface area contributed by atoms with Gasteiger partial charge >= 0.3 is 0 Å². The molecular weight excluding hydrogens is 880 g/mol. The van der Waals surface area contributed by atoms with Gasteiger partial charge in [-0.2, -0.15) is 0 Å². The van der Waals surface area contributed by atoms with Gasteiger partial charge in [0.1, 0.15) is 0 Å². The average molecular weight is 949 g/mol. The summed E-state index contributed by atoms with van der Waals surface area (Å²) in [6.07, 6.45) is 0. The maximum atomic E-state index is 2.60. The van der Waals surface area contributed by atoms with Crippen molar-refractivity contribution >= 4 is 57.2 Å². The molecule has 0 spiro atoms. The summed E-state index contributed by atoms with van der Waals surface area (Å²) in [7, 11) is 0. The van der Waals surface area contributed by atoms with Crippen molar-refractivity contribution in [2.45, 2.75) is 105 Å². The van der Waals surface area contributed by atoms with Gasteiger partial charge in [-0.25, -0.2) is 0 Å². The Labute approximate surface area is 436 Å². The van der Waals surface area contributed by atoms with E-state index in [2.05, 4.69) is 293 Å². The fraction of sp³-hybridized carbons (Fsp3) is 0.229. The lowest BCUT2D eigenvalue weighted by molar-refractivity contribution is 0.568. The van der Waals surface area contributed by atoms with Crippen LogP contribution in [-0.4, -0.2) is 6.71 Å². The van der Waals surface area contributed by atoms with Gasteiger partial charge in [0, 0.05) is 34.1 Å². The molecule has 0 radical (unpaired) electrons. The molecule has 0 atom stereocenters. The molecule has 2 aliphatic heterocycles. The van der Waals surface area contributed by atoms with E-state index in [1.165, 1.54) is 117 Å². The quantitative estimate of drug-likeness (QED) is 0.153. The number of nitrogens with zero attached hydrogens (tertiary/aromatic N) is 2. The highest BCUT2D eigenvalue weighted by Crippen LogP contribution is 2.48. The molecule has 11 rings (SSSR count). The van der Waals surface area contributed by atoms with Crippen LogP contribution in [0.4, 0.5) is 34.1 Å². The van der Waals surface area contributed by atoms with Crippen LogP contribution in [0.2, 0.25) is 0 Å². The summed E-state index contributed by atoms with van der Waals surface area (Å²) in [5, 5.41) is 0.